The zero-order valence-corrected chi connectivity index (χ0v) is 11.6. The van der Waals surface area contributed by atoms with Gasteiger partial charge in [0.25, 0.3) is 0 Å². The molecular weight excluding hydrogens is 242 g/mol. The molecule has 4 nitrogen and oxygen atoms in total. The van der Waals surface area contributed by atoms with E-state index >= 15 is 0 Å². The zero-order chi connectivity index (χ0) is 13.8. The van der Waals surface area contributed by atoms with Gasteiger partial charge in [-0.3, -0.25) is 4.90 Å². The molecule has 0 aliphatic carbocycles. The van der Waals surface area contributed by atoms with Crippen molar-refractivity contribution in [2.24, 2.45) is 0 Å². The van der Waals surface area contributed by atoms with Crippen LogP contribution in [0.1, 0.15) is 34.3 Å². The molecule has 104 valence electrons. The van der Waals surface area contributed by atoms with E-state index in [9.17, 15) is 4.79 Å². The molecule has 1 aromatic rings. The zero-order valence-electron chi connectivity index (χ0n) is 11.6. The summed E-state index contributed by atoms with van der Waals surface area (Å²) in [5.74, 6) is -0.859. The molecule has 2 rings (SSSR count). The van der Waals surface area contributed by atoms with E-state index < -0.39 is 5.97 Å². The van der Waals surface area contributed by atoms with Gasteiger partial charge >= 0.3 is 5.97 Å². The highest BCUT2D eigenvalue weighted by molar-refractivity contribution is 5.89. The van der Waals surface area contributed by atoms with Crippen molar-refractivity contribution in [3.05, 3.63) is 34.9 Å². The minimum absolute atomic E-state index is 0.388. The first-order valence-corrected chi connectivity index (χ1v) is 6.67. The third-order valence-corrected chi connectivity index (χ3v) is 3.77. The van der Waals surface area contributed by atoms with Crippen LogP contribution in [0.3, 0.4) is 0 Å². The summed E-state index contributed by atoms with van der Waals surface area (Å²) in [6.45, 7) is 4.58. The molecule has 4 heteroatoms. The lowest BCUT2D eigenvalue weighted by Crippen LogP contribution is -2.32. The van der Waals surface area contributed by atoms with Crippen molar-refractivity contribution >= 4 is 5.97 Å². The summed E-state index contributed by atoms with van der Waals surface area (Å²) < 4.78 is 5.25. The van der Waals surface area contributed by atoms with Crippen molar-refractivity contribution in [1.82, 2.24) is 4.90 Å². The maximum Gasteiger partial charge on any atom is 0.335 e. The standard InChI is InChI=1S/C15H21NO3/c1-11-8-12(5-6-14(11)15(17)18)9-16-7-3-4-13(16)10-19-2/h5-6,8,13H,3-4,7,9-10H2,1-2H3,(H,17,18). The SMILES string of the molecule is COCC1CCCN1Cc1ccc(C(=O)O)c(C)c1. The number of carboxylic acid groups (broad SMARTS) is 1. The van der Waals surface area contributed by atoms with Crippen molar-refractivity contribution in [1.29, 1.82) is 0 Å². The van der Waals surface area contributed by atoms with Gasteiger partial charge in [-0.15, -0.1) is 0 Å². The van der Waals surface area contributed by atoms with Gasteiger partial charge in [0.2, 0.25) is 0 Å². The summed E-state index contributed by atoms with van der Waals surface area (Å²) in [6.07, 6.45) is 2.39. The van der Waals surface area contributed by atoms with Crippen LogP contribution in [0.4, 0.5) is 0 Å². The van der Waals surface area contributed by atoms with Gasteiger partial charge in [-0.1, -0.05) is 12.1 Å². The first kappa shape index (κ1) is 14.0. The van der Waals surface area contributed by atoms with Gasteiger partial charge in [0.1, 0.15) is 0 Å². The van der Waals surface area contributed by atoms with Crippen molar-refractivity contribution in [3.8, 4) is 0 Å². The van der Waals surface area contributed by atoms with Crippen LogP contribution in [0.2, 0.25) is 0 Å². The van der Waals surface area contributed by atoms with Gasteiger partial charge in [0.05, 0.1) is 12.2 Å². The second-order valence-electron chi connectivity index (χ2n) is 5.18. The Bertz CT molecular complexity index is 459. The Labute approximate surface area is 114 Å². The summed E-state index contributed by atoms with van der Waals surface area (Å²) in [4.78, 5) is 13.4. The fourth-order valence-corrected chi connectivity index (χ4v) is 2.78. The predicted octanol–water partition coefficient (Wildman–Crippen LogP) is 2.30. The highest BCUT2D eigenvalue weighted by Crippen LogP contribution is 2.21. The molecular formula is C15H21NO3. The second kappa shape index (κ2) is 6.17. The molecule has 0 bridgehead atoms. The number of nitrogens with zero attached hydrogens (tertiary/aromatic N) is 1. The van der Waals surface area contributed by atoms with Crippen LogP contribution in [0, 0.1) is 6.92 Å². The van der Waals surface area contributed by atoms with E-state index in [0.717, 1.165) is 25.3 Å². The number of rotatable bonds is 5. The highest BCUT2D eigenvalue weighted by Gasteiger charge is 2.24. The Hall–Kier alpha value is -1.39. The van der Waals surface area contributed by atoms with E-state index in [1.807, 2.05) is 19.1 Å². The fourth-order valence-electron chi connectivity index (χ4n) is 2.78. The van der Waals surface area contributed by atoms with Crippen LogP contribution in [-0.4, -0.2) is 42.3 Å². The Kier molecular flexibility index (Phi) is 4.56. The van der Waals surface area contributed by atoms with Gasteiger partial charge < -0.3 is 9.84 Å². The quantitative estimate of drug-likeness (QED) is 0.885. The van der Waals surface area contributed by atoms with E-state index in [1.165, 1.54) is 18.4 Å². The number of likely N-dealkylation sites (tertiary alicyclic amines) is 1. The monoisotopic (exact) mass is 263 g/mol. The van der Waals surface area contributed by atoms with Crippen molar-refractivity contribution in [3.63, 3.8) is 0 Å². The molecule has 1 aliphatic rings. The molecule has 0 aromatic heterocycles. The van der Waals surface area contributed by atoms with Gasteiger partial charge in [-0.2, -0.15) is 0 Å². The maximum atomic E-state index is 11.0. The van der Waals surface area contributed by atoms with Gasteiger partial charge in [0.15, 0.2) is 0 Å². The number of aromatic carboxylic acids is 1. The Morgan fingerprint density at radius 3 is 2.95 bits per heavy atom. The molecule has 0 radical (unpaired) electrons. The van der Waals surface area contributed by atoms with Crippen LogP contribution < -0.4 is 0 Å². The molecule has 1 N–H and O–H groups in total. The normalized spacial score (nSPS) is 19.8. The number of carboxylic acids is 1. The van der Waals surface area contributed by atoms with Crippen LogP contribution in [0.15, 0.2) is 18.2 Å². The van der Waals surface area contributed by atoms with Crippen LogP contribution in [0.25, 0.3) is 0 Å². The lowest BCUT2D eigenvalue weighted by atomic mass is 10.0. The molecule has 1 saturated heterocycles. The number of hydrogen-bond acceptors (Lipinski definition) is 3. The molecule has 1 aromatic carbocycles. The van der Waals surface area contributed by atoms with E-state index in [-0.39, 0.29) is 0 Å². The third kappa shape index (κ3) is 3.33. The molecule has 0 amide bonds. The summed E-state index contributed by atoms with van der Waals surface area (Å²) in [5, 5.41) is 9.03. The number of benzene rings is 1. The molecule has 1 aliphatic heterocycles. The molecule has 1 fully saturated rings. The van der Waals surface area contributed by atoms with Crippen molar-refractivity contribution in [2.45, 2.75) is 32.4 Å². The topological polar surface area (TPSA) is 49.8 Å². The largest absolute Gasteiger partial charge is 0.478 e. The second-order valence-corrected chi connectivity index (χ2v) is 5.18. The molecule has 1 atom stereocenters. The number of aryl methyl sites for hydroxylation is 1. The number of hydrogen-bond donors (Lipinski definition) is 1. The average Bonchev–Trinajstić information content (AvgIpc) is 2.77. The lowest BCUT2D eigenvalue weighted by molar-refractivity contribution is 0.0696. The van der Waals surface area contributed by atoms with Crippen molar-refractivity contribution in [2.75, 3.05) is 20.3 Å². The number of ether oxygens (including phenoxy) is 1. The highest BCUT2D eigenvalue weighted by atomic mass is 16.5. The molecule has 0 saturated carbocycles. The Morgan fingerprint density at radius 1 is 1.53 bits per heavy atom. The van der Waals surface area contributed by atoms with Crippen LogP contribution >= 0.6 is 0 Å². The van der Waals surface area contributed by atoms with E-state index in [0.29, 0.717) is 11.6 Å². The Morgan fingerprint density at radius 2 is 2.32 bits per heavy atom. The van der Waals surface area contributed by atoms with Crippen LogP contribution in [-0.2, 0) is 11.3 Å². The summed E-state index contributed by atoms with van der Waals surface area (Å²) in [7, 11) is 1.74. The van der Waals surface area contributed by atoms with E-state index in [2.05, 4.69) is 4.90 Å². The lowest BCUT2D eigenvalue weighted by Gasteiger charge is -2.24. The third-order valence-electron chi connectivity index (χ3n) is 3.77. The summed E-state index contributed by atoms with van der Waals surface area (Å²) >= 11 is 0. The molecule has 0 spiro atoms. The number of methoxy groups -OCH3 is 1. The minimum Gasteiger partial charge on any atom is -0.478 e. The van der Waals surface area contributed by atoms with E-state index in [1.54, 1.807) is 13.2 Å². The van der Waals surface area contributed by atoms with Gasteiger partial charge in [0, 0.05) is 19.7 Å². The van der Waals surface area contributed by atoms with Gasteiger partial charge in [-0.05, 0) is 43.5 Å². The van der Waals surface area contributed by atoms with Crippen molar-refractivity contribution < 1.29 is 14.6 Å². The molecule has 1 heterocycles. The first-order chi connectivity index (χ1) is 9.11. The van der Waals surface area contributed by atoms with Gasteiger partial charge in [-0.25, -0.2) is 4.79 Å². The number of carbonyl (C=O) groups is 1. The smallest absolute Gasteiger partial charge is 0.335 e. The van der Waals surface area contributed by atoms with E-state index in [4.69, 9.17) is 9.84 Å². The molecule has 1 unspecified atom stereocenters. The average molecular weight is 263 g/mol. The summed E-state index contributed by atoms with van der Waals surface area (Å²) in [6, 6.07) is 6.09. The first-order valence-electron chi connectivity index (χ1n) is 6.67. The molecule has 19 heavy (non-hydrogen) atoms. The maximum absolute atomic E-state index is 11.0. The van der Waals surface area contributed by atoms with Crippen LogP contribution in [0.5, 0.6) is 0 Å². The predicted molar refractivity (Wildman–Crippen MR) is 73.4 cm³/mol. The Balaban J connectivity index is 2.07. The fraction of sp³-hybridized carbons (Fsp3) is 0.533. The minimum atomic E-state index is -0.859. The summed E-state index contributed by atoms with van der Waals surface area (Å²) in [5.41, 5.74) is 2.39.